The van der Waals surface area contributed by atoms with E-state index in [-0.39, 0.29) is 5.78 Å². The van der Waals surface area contributed by atoms with Crippen LogP contribution in [0, 0.1) is 5.92 Å². The van der Waals surface area contributed by atoms with Crippen LogP contribution in [0.3, 0.4) is 0 Å². The number of ketones is 1. The fraction of sp³-hybridized carbons (Fsp3) is 0.240. The van der Waals surface area contributed by atoms with Gasteiger partial charge in [-0.2, -0.15) is 0 Å². The summed E-state index contributed by atoms with van der Waals surface area (Å²) >= 11 is 0. The SMILES string of the molecule is CCC1CCc2ccccc2C(C(=O)c2cccc3ccccc23)=C1C. The second-order valence-electron chi connectivity index (χ2n) is 7.21. The van der Waals surface area contributed by atoms with Crippen molar-refractivity contribution in [2.24, 2.45) is 5.92 Å². The Morgan fingerprint density at radius 2 is 1.69 bits per heavy atom. The molecule has 0 amide bonds. The van der Waals surface area contributed by atoms with E-state index < -0.39 is 0 Å². The van der Waals surface area contributed by atoms with E-state index in [0.29, 0.717) is 5.92 Å². The highest BCUT2D eigenvalue weighted by atomic mass is 16.1. The van der Waals surface area contributed by atoms with E-state index in [4.69, 9.17) is 0 Å². The van der Waals surface area contributed by atoms with Gasteiger partial charge in [0.2, 0.25) is 0 Å². The molecule has 0 spiro atoms. The monoisotopic (exact) mass is 340 g/mol. The zero-order valence-corrected chi connectivity index (χ0v) is 15.5. The lowest BCUT2D eigenvalue weighted by Crippen LogP contribution is -2.09. The van der Waals surface area contributed by atoms with Crippen LogP contribution in [-0.4, -0.2) is 5.78 Å². The molecule has 1 nitrogen and oxygen atoms in total. The normalized spacial score (nSPS) is 17.1. The first-order valence-electron chi connectivity index (χ1n) is 9.52. The standard InChI is InChI=1S/C25H24O/c1-3-18-15-16-20-10-5-7-13-22(20)24(17(18)2)25(26)23-14-8-11-19-9-4-6-12-21(19)23/h4-14,18H,3,15-16H2,1-2H3. The Hall–Kier alpha value is -2.67. The van der Waals surface area contributed by atoms with Gasteiger partial charge >= 0.3 is 0 Å². The Bertz CT molecular complexity index is 1000. The number of benzene rings is 3. The van der Waals surface area contributed by atoms with Crippen molar-refractivity contribution in [3.63, 3.8) is 0 Å². The third-order valence-electron chi connectivity index (χ3n) is 5.81. The first kappa shape index (κ1) is 16.8. The number of aryl methyl sites for hydroxylation is 1. The Balaban J connectivity index is 1.95. The molecule has 0 heterocycles. The molecule has 0 aromatic heterocycles. The molecule has 0 saturated carbocycles. The number of rotatable bonds is 3. The lowest BCUT2D eigenvalue weighted by Gasteiger charge is -2.17. The molecule has 1 aliphatic rings. The highest BCUT2D eigenvalue weighted by Crippen LogP contribution is 2.37. The van der Waals surface area contributed by atoms with E-state index in [2.05, 4.69) is 56.3 Å². The first-order chi connectivity index (χ1) is 12.7. The molecule has 0 bridgehead atoms. The van der Waals surface area contributed by atoms with Crippen molar-refractivity contribution in [2.75, 3.05) is 0 Å². The van der Waals surface area contributed by atoms with Gasteiger partial charge in [-0.15, -0.1) is 0 Å². The molecule has 0 radical (unpaired) electrons. The molecule has 1 atom stereocenters. The van der Waals surface area contributed by atoms with Crippen LogP contribution in [0.25, 0.3) is 16.3 Å². The molecule has 3 aromatic carbocycles. The molecule has 130 valence electrons. The van der Waals surface area contributed by atoms with E-state index in [1.54, 1.807) is 0 Å². The van der Waals surface area contributed by atoms with E-state index in [1.165, 1.54) is 11.1 Å². The molecular formula is C25H24O. The highest BCUT2D eigenvalue weighted by molar-refractivity contribution is 6.33. The Labute approximate surface area is 155 Å². The average molecular weight is 340 g/mol. The third-order valence-corrected chi connectivity index (χ3v) is 5.81. The topological polar surface area (TPSA) is 17.1 Å². The van der Waals surface area contributed by atoms with Crippen LogP contribution in [-0.2, 0) is 6.42 Å². The largest absolute Gasteiger partial charge is 0.289 e. The summed E-state index contributed by atoms with van der Waals surface area (Å²) < 4.78 is 0. The quantitative estimate of drug-likeness (QED) is 0.499. The number of hydrogen-bond donors (Lipinski definition) is 0. The average Bonchev–Trinajstić information content (AvgIpc) is 2.83. The van der Waals surface area contributed by atoms with Gasteiger partial charge in [0.1, 0.15) is 0 Å². The number of Topliss-reactive ketones (excluding diaryl/α,β-unsaturated/α-hetero) is 1. The Morgan fingerprint density at radius 3 is 2.54 bits per heavy atom. The van der Waals surface area contributed by atoms with E-state index in [9.17, 15) is 4.79 Å². The maximum atomic E-state index is 13.7. The molecule has 26 heavy (non-hydrogen) atoms. The van der Waals surface area contributed by atoms with Crippen molar-refractivity contribution in [3.8, 4) is 0 Å². The number of carbonyl (C=O) groups excluding carboxylic acids is 1. The number of allylic oxidation sites excluding steroid dienone is 2. The highest BCUT2D eigenvalue weighted by Gasteiger charge is 2.26. The fourth-order valence-electron chi connectivity index (χ4n) is 4.31. The summed E-state index contributed by atoms with van der Waals surface area (Å²) in [6, 6.07) is 22.6. The lowest BCUT2D eigenvalue weighted by molar-refractivity contribution is 0.105. The summed E-state index contributed by atoms with van der Waals surface area (Å²) in [6.07, 6.45) is 3.23. The summed E-state index contributed by atoms with van der Waals surface area (Å²) in [4.78, 5) is 13.7. The summed E-state index contributed by atoms with van der Waals surface area (Å²) in [5.41, 5.74) is 5.39. The molecule has 0 saturated heterocycles. The van der Waals surface area contributed by atoms with Gasteiger partial charge in [-0.3, -0.25) is 4.79 Å². The Morgan fingerprint density at radius 1 is 0.962 bits per heavy atom. The van der Waals surface area contributed by atoms with Gasteiger partial charge in [0.05, 0.1) is 0 Å². The smallest absolute Gasteiger partial charge is 0.194 e. The summed E-state index contributed by atoms with van der Waals surface area (Å²) in [7, 11) is 0. The summed E-state index contributed by atoms with van der Waals surface area (Å²) in [5.74, 6) is 0.628. The van der Waals surface area contributed by atoms with Crippen LogP contribution in [0.2, 0.25) is 0 Å². The molecule has 4 rings (SSSR count). The number of fused-ring (bicyclic) bond motifs is 2. The second-order valence-corrected chi connectivity index (χ2v) is 7.21. The third kappa shape index (κ3) is 2.78. The molecule has 1 unspecified atom stereocenters. The van der Waals surface area contributed by atoms with Gasteiger partial charge in [-0.1, -0.05) is 79.2 Å². The van der Waals surface area contributed by atoms with Gasteiger partial charge in [-0.25, -0.2) is 0 Å². The molecule has 3 aromatic rings. The van der Waals surface area contributed by atoms with Crippen LogP contribution in [0.5, 0.6) is 0 Å². The zero-order valence-electron chi connectivity index (χ0n) is 15.5. The molecule has 0 aliphatic heterocycles. The molecule has 0 fully saturated rings. The van der Waals surface area contributed by atoms with E-state index in [0.717, 1.165) is 46.7 Å². The van der Waals surface area contributed by atoms with E-state index in [1.807, 2.05) is 24.3 Å². The van der Waals surface area contributed by atoms with Gasteiger partial charge in [0.25, 0.3) is 0 Å². The minimum Gasteiger partial charge on any atom is -0.289 e. The lowest BCUT2D eigenvalue weighted by atomic mass is 9.85. The van der Waals surface area contributed by atoms with Gasteiger partial charge in [-0.05, 0) is 54.0 Å². The predicted molar refractivity (Wildman–Crippen MR) is 109 cm³/mol. The second kappa shape index (κ2) is 6.92. The first-order valence-corrected chi connectivity index (χ1v) is 9.52. The zero-order chi connectivity index (χ0) is 18.1. The minimum absolute atomic E-state index is 0.159. The summed E-state index contributed by atoms with van der Waals surface area (Å²) in [5, 5.41) is 2.15. The van der Waals surface area contributed by atoms with Crippen LogP contribution < -0.4 is 0 Å². The van der Waals surface area contributed by atoms with Crippen molar-refractivity contribution in [2.45, 2.75) is 33.1 Å². The number of hydrogen-bond acceptors (Lipinski definition) is 1. The summed E-state index contributed by atoms with van der Waals surface area (Å²) in [6.45, 7) is 4.39. The molecule has 0 N–H and O–H groups in total. The molecule has 1 aliphatic carbocycles. The number of carbonyl (C=O) groups is 1. The van der Waals surface area contributed by atoms with Crippen molar-refractivity contribution in [3.05, 3.63) is 89.0 Å². The van der Waals surface area contributed by atoms with Gasteiger partial charge in [0.15, 0.2) is 5.78 Å². The molecule has 1 heteroatoms. The Kier molecular flexibility index (Phi) is 4.46. The fourth-order valence-corrected chi connectivity index (χ4v) is 4.31. The van der Waals surface area contributed by atoms with Crippen molar-refractivity contribution in [1.82, 2.24) is 0 Å². The maximum absolute atomic E-state index is 13.7. The molecular weight excluding hydrogens is 316 g/mol. The van der Waals surface area contributed by atoms with Gasteiger partial charge < -0.3 is 0 Å². The van der Waals surface area contributed by atoms with Crippen LogP contribution in [0.1, 0.15) is 48.2 Å². The van der Waals surface area contributed by atoms with Crippen LogP contribution >= 0.6 is 0 Å². The van der Waals surface area contributed by atoms with E-state index >= 15 is 0 Å². The maximum Gasteiger partial charge on any atom is 0.194 e. The van der Waals surface area contributed by atoms with Crippen molar-refractivity contribution in [1.29, 1.82) is 0 Å². The van der Waals surface area contributed by atoms with Crippen molar-refractivity contribution >= 4 is 22.1 Å². The predicted octanol–water partition coefficient (Wildman–Crippen LogP) is 6.47. The van der Waals surface area contributed by atoms with Crippen LogP contribution in [0.4, 0.5) is 0 Å². The van der Waals surface area contributed by atoms with Crippen molar-refractivity contribution < 1.29 is 4.79 Å². The van der Waals surface area contributed by atoms with Crippen LogP contribution in [0.15, 0.2) is 72.3 Å². The van der Waals surface area contributed by atoms with Gasteiger partial charge in [0, 0.05) is 11.1 Å². The minimum atomic E-state index is 0.159.